The molecule has 1 rings (SSSR count). The third-order valence-corrected chi connectivity index (χ3v) is 2.41. The summed E-state index contributed by atoms with van der Waals surface area (Å²) in [7, 11) is 0. The molecule has 15 heavy (non-hydrogen) atoms. The molecule has 1 aromatic heterocycles. The Morgan fingerprint density at radius 1 is 1.60 bits per heavy atom. The van der Waals surface area contributed by atoms with Crippen molar-refractivity contribution in [1.82, 2.24) is 4.98 Å². The maximum atomic E-state index is 10.6. The number of nitrogens with two attached hydrogens (primary N) is 1. The predicted octanol–water partition coefficient (Wildman–Crippen LogP) is 2.10. The highest BCUT2D eigenvalue weighted by molar-refractivity contribution is 14.1. The van der Waals surface area contributed by atoms with E-state index in [9.17, 15) is 4.79 Å². The quantitative estimate of drug-likeness (QED) is 0.868. The number of aromatic nitrogens is 1. The van der Waals surface area contributed by atoms with Gasteiger partial charge in [0.25, 0.3) is 0 Å². The van der Waals surface area contributed by atoms with Crippen molar-refractivity contribution in [2.45, 2.75) is 25.9 Å². The summed E-state index contributed by atoms with van der Waals surface area (Å²) in [4.78, 5) is 14.9. The van der Waals surface area contributed by atoms with E-state index in [0.717, 1.165) is 9.26 Å². The van der Waals surface area contributed by atoms with Crippen LogP contribution < -0.4 is 5.73 Å². The Morgan fingerprint density at radius 2 is 2.27 bits per heavy atom. The predicted molar refractivity (Wildman–Crippen MR) is 65.4 cm³/mol. The van der Waals surface area contributed by atoms with E-state index in [1.807, 2.05) is 12.1 Å². The van der Waals surface area contributed by atoms with Crippen molar-refractivity contribution in [3.8, 4) is 0 Å². The fourth-order valence-electron chi connectivity index (χ4n) is 1.26. The van der Waals surface area contributed by atoms with E-state index in [1.54, 1.807) is 20.0 Å². The summed E-state index contributed by atoms with van der Waals surface area (Å²) in [5.74, 6) is 0. The van der Waals surface area contributed by atoms with Gasteiger partial charge in [-0.25, -0.2) is 4.79 Å². The molecule has 0 aromatic carbocycles. The van der Waals surface area contributed by atoms with Crippen LogP contribution in [0.1, 0.15) is 19.5 Å². The van der Waals surface area contributed by atoms with Gasteiger partial charge in [0.1, 0.15) is 5.60 Å². The molecular formula is C10H13IN2O2. The van der Waals surface area contributed by atoms with E-state index in [1.165, 1.54) is 0 Å². The first-order valence-corrected chi connectivity index (χ1v) is 5.56. The Morgan fingerprint density at radius 3 is 2.73 bits per heavy atom. The second-order valence-corrected chi connectivity index (χ2v) is 5.07. The number of halogens is 1. The van der Waals surface area contributed by atoms with E-state index < -0.39 is 11.7 Å². The van der Waals surface area contributed by atoms with Crippen LogP contribution >= 0.6 is 22.6 Å². The van der Waals surface area contributed by atoms with Gasteiger partial charge in [-0.1, -0.05) is 0 Å². The average Bonchev–Trinajstić information content (AvgIpc) is 2.06. The lowest BCUT2D eigenvalue weighted by Gasteiger charge is -2.23. The first kappa shape index (κ1) is 12.2. The summed E-state index contributed by atoms with van der Waals surface area (Å²) >= 11 is 2.19. The number of primary amides is 1. The molecule has 0 bridgehead atoms. The van der Waals surface area contributed by atoms with E-state index in [2.05, 4.69) is 27.6 Å². The molecule has 0 aliphatic rings. The van der Waals surface area contributed by atoms with Gasteiger partial charge in [-0.3, -0.25) is 4.98 Å². The summed E-state index contributed by atoms with van der Waals surface area (Å²) in [5, 5.41) is 0. The zero-order valence-electron chi connectivity index (χ0n) is 8.66. The number of nitrogens with zero attached hydrogens (tertiary/aromatic N) is 1. The Kier molecular flexibility index (Phi) is 3.90. The molecule has 2 N–H and O–H groups in total. The monoisotopic (exact) mass is 320 g/mol. The van der Waals surface area contributed by atoms with E-state index in [0.29, 0.717) is 6.42 Å². The third-order valence-electron chi connectivity index (χ3n) is 1.77. The first-order valence-electron chi connectivity index (χ1n) is 4.48. The molecule has 1 heterocycles. The van der Waals surface area contributed by atoms with Crippen LogP contribution in [-0.2, 0) is 11.2 Å². The number of hydrogen-bond acceptors (Lipinski definition) is 3. The molecule has 0 aliphatic carbocycles. The standard InChI is InChI=1S/C10H13IN2O2/c1-10(2,15-9(12)14)5-8-4-3-7(11)6-13-8/h3-4,6H,5H2,1-2H3,(H2,12,14). The van der Waals surface area contributed by atoms with Crippen LogP contribution in [-0.4, -0.2) is 16.7 Å². The average molecular weight is 320 g/mol. The van der Waals surface area contributed by atoms with Crippen molar-refractivity contribution < 1.29 is 9.53 Å². The third kappa shape index (κ3) is 4.46. The van der Waals surface area contributed by atoms with Crippen LogP contribution in [0, 0.1) is 3.57 Å². The normalized spacial score (nSPS) is 11.1. The minimum Gasteiger partial charge on any atom is -0.443 e. The van der Waals surface area contributed by atoms with Gasteiger partial charge in [-0.15, -0.1) is 0 Å². The van der Waals surface area contributed by atoms with Crippen LogP contribution in [0.4, 0.5) is 4.79 Å². The largest absolute Gasteiger partial charge is 0.443 e. The van der Waals surface area contributed by atoms with Crippen molar-refractivity contribution in [3.05, 3.63) is 27.6 Å². The van der Waals surface area contributed by atoms with Gasteiger partial charge in [0, 0.05) is 21.9 Å². The van der Waals surface area contributed by atoms with Gasteiger partial charge in [-0.2, -0.15) is 0 Å². The summed E-state index contributed by atoms with van der Waals surface area (Å²) in [6.45, 7) is 3.61. The molecule has 1 aromatic rings. The molecule has 0 atom stereocenters. The lowest BCUT2D eigenvalue weighted by Crippen LogP contribution is -2.33. The highest BCUT2D eigenvalue weighted by Gasteiger charge is 2.22. The van der Waals surface area contributed by atoms with Crippen LogP contribution in [0.25, 0.3) is 0 Å². The molecule has 0 fully saturated rings. The molecule has 5 heteroatoms. The van der Waals surface area contributed by atoms with Crippen molar-refractivity contribution in [2.75, 3.05) is 0 Å². The Labute approximate surface area is 102 Å². The van der Waals surface area contributed by atoms with Crippen LogP contribution in [0.5, 0.6) is 0 Å². The second kappa shape index (κ2) is 4.78. The lowest BCUT2D eigenvalue weighted by atomic mass is 10.0. The number of pyridine rings is 1. The first-order chi connectivity index (χ1) is 6.89. The Bertz CT molecular complexity index is 349. The summed E-state index contributed by atoms with van der Waals surface area (Å²) < 4.78 is 6.04. The van der Waals surface area contributed by atoms with Gasteiger partial charge < -0.3 is 10.5 Å². The molecule has 0 spiro atoms. The van der Waals surface area contributed by atoms with E-state index in [-0.39, 0.29) is 0 Å². The van der Waals surface area contributed by atoms with Crippen molar-refractivity contribution in [1.29, 1.82) is 0 Å². The molecule has 0 saturated heterocycles. The number of ether oxygens (including phenoxy) is 1. The van der Waals surface area contributed by atoms with Crippen molar-refractivity contribution in [2.24, 2.45) is 5.73 Å². The topological polar surface area (TPSA) is 65.2 Å². The molecule has 1 amide bonds. The molecule has 0 unspecified atom stereocenters. The second-order valence-electron chi connectivity index (χ2n) is 3.83. The minimum atomic E-state index is -0.759. The van der Waals surface area contributed by atoms with Gasteiger partial charge in [0.05, 0.1) is 0 Å². The fourth-order valence-corrected chi connectivity index (χ4v) is 1.57. The zero-order chi connectivity index (χ0) is 11.5. The number of amides is 1. The number of rotatable bonds is 3. The van der Waals surface area contributed by atoms with Crippen LogP contribution in [0.3, 0.4) is 0 Å². The summed E-state index contributed by atoms with van der Waals surface area (Å²) in [5.41, 5.74) is 5.23. The van der Waals surface area contributed by atoms with Gasteiger partial charge in [-0.05, 0) is 48.6 Å². The molecule has 0 aliphatic heterocycles. The maximum absolute atomic E-state index is 10.6. The highest BCUT2D eigenvalue weighted by atomic mass is 127. The van der Waals surface area contributed by atoms with Crippen LogP contribution in [0.2, 0.25) is 0 Å². The number of hydrogen-bond donors (Lipinski definition) is 1. The molecule has 4 nitrogen and oxygen atoms in total. The van der Waals surface area contributed by atoms with E-state index >= 15 is 0 Å². The number of carbonyl (C=O) groups excluding carboxylic acids is 1. The Balaban J connectivity index is 2.68. The smallest absolute Gasteiger partial charge is 0.405 e. The van der Waals surface area contributed by atoms with Gasteiger partial charge in [0.2, 0.25) is 0 Å². The van der Waals surface area contributed by atoms with Crippen molar-refractivity contribution in [3.63, 3.8) is 0 Å². The van der Waals surface area contributed by atoms with E-state index in [4.69, 9.17) is 10.5 Å². The molecule has 82 valence electrons. The maximum Gasteiger partial charge on any atom is 0.405 e. The summed E-state index contributed by atoms with van der Waals surface area (Å²) in [6, 6.07) is 3.87. The van der Waals surface area contributed by atoms with Gasteiger partial charge >= 0.3 is 6.09 Å². The molecular weight excluding hydrogens is 307 g/mol. The zero-order valence-corrected chi connectivity index (χ0v) is 10.8. The summed E-state index contributed by atoms with van der Waals surface area (Å²) in [6.07, 6.45) is 1.56. The van der Waals surface area contributed by atoms with Gasteiger partial charge in [0.15, 0.2) is 0 Å². The molecule has 0 saturated carbocycles. The molecule has 0 radical (unpaired) electrons. The minimum absolute atomic E-state index is 0.548. The lowest BCUT2D eigenvalue weighted by molar-refractivity contribution is 0.0453. The SMILES string of the molecule is CC(C)(Cc1ccc(I)cn1)OC(N)=O. The Hall–Kier alpha value is -0.850. The highest BCUT2D eigenvalue weighted by Crippen LogP contribution is 2.16. The van der Waals surface area contributed by atoms with Crippen LogP contribution in [0.15, 0.2) is 18.3 Å². The fraction of sp³-hybridized carbons (Fsp3) is 0.400. The van der Waals surface area contributed by atoms with Crippen molar-refractivity contribution >= 4 is 28.7 Å². The number of carbonyl (C=O) groups is 1.